The molecule has 1 aromatic carbocycles. The second-order valence-electron chi connectivity index (χ2n) is 6.08. The summed E-state index contributed by atoms with van der Waals surface area (Å²) in [5.74, 6) is 1.87. The highest BCUT2D eigenvalue weighted by atomic mass is 79.9. The lowest BCUT2D eigenvalue weighted by Gasteiger charge is -2.48. The standard InChI is InChI=1S/C16H22BrNO/c1-19-14-6-7-15(17)12(8-14)9-16(10-18-11-16)13-4-2-3-5-13/h6-8,13,18H,2-5,9-11H2,1H3. The number of nitrogens with one attached hydrogen (secondary N) is 1. The summed E-state index contributed by atoms with van der Waals surface area (Å²) < 4.78 is 6.58. The fraction of sp³-hybridized carbons (Fsp3) is 0.625. The summed E-state index contributed by atoms with van der Waals surface area (Å²) in [6.45, 7) is 2.36. The number of halogens is 1. The van der Waals surface area contributed by atoms with Gasteiger partial charge in [-0.05, 0) is 48.9 Å². The van der Waals surface area contributed by atoms with Gasteiger partial charge in [-0.1, -0.05) is 28.8 Å². The van der Waals surface area contributed by atoms with Crippen molar-refractivity contribution in [1.82, 2.24) is 5.32 Å². The summed E-state index contributed by atoms with van der Waals surface area (Å²) in [6, 6.07) is 6.33. The van der Waals surface area contributed by atoms with Gasteiger partial charge in [-0.3, -0.25) is 0 Å². The molecule has 1 N–H and O–H groups in total. The Morgan fingerprint density at radius 3 is 2.63 bits per heavy atom. The molecule has 2 nitrogen and oxygen atoms in total. The molecular formula is C16H22BrNO. The van der Waals surface area contributed by atoms with Crippen LogP contribution < -0.4 is 10.1 Å². The lowest BCUT2D eigenvalue weighted by Crippen LogP contribution is -2.58. The van der Waals surface area contributed by atoms with Crippen molar-refractivity contribution >= 4 is 15.9 Å². The smallest absolute Gasteiger partial charge is 0.119 e. The van der Waals surface area contributed by atoms with Gasteiger partial charge in [0, 0.05) is 23.0 Å². The molecule has 104 valence electrons. The minimum Gasteiger partial charge on any atom is -0.497 e. The van der Waals surface area contributed by atoms with Crippen LogP contribution in [-0.4, -0.2) is 20.2 Å². The Bertz CT molecular complexity index is 450. The van der Waals surface area contributed by atoms with Gasteiger partial charge in [0.05, 0.1) is 7.11 Å². The maximum absolute atomic E-state index is 5.37. The number of hydrogen-bond donors (Lipinski definition) is 1. The van der Waals surface area contributed by atoms with Gasteiger partial charge < -0.3 is 10.1 Å². The maximum Gasteiger partial charge on any atom is 0.119 e. The summed E-state index contributed by atoms with van der Waals surface area (Å²) >= 11 is 3.70. The van der Waals surface area contributed by atoms with Crippen LogP contribution in [0.1, 0.15) is 31.2 Å². The first-order valence-corrected chi connectivity index (χ1v) is 8.06. The van der Waals surface area contributed by atoms with Crippen LogP contribution in [0.4, 0.5) is 0 Å². The minimum absolute atomic E-state index is 0.491. The Hall–Kier alpha value is -0.540. The first-order chi connectivity index (χ1) is 9.23. The van der Waals surface area contributed by atoms with Crippen molar-refractivity contribution in [2.75, 3.05) is 20.2 Å². The highest BCUT2D eigenvalue weighted by Crippen LogP contribution is 2.45. The third-order valence-corrected chi connectivity index (χ3v) is 5.74. The first-order valence-electron chi connectivity index (χ1n) is 7.27. The van der Waals surface area contributed by atoms with Crippen molar-refractivity contribution in [2.45, 2.75) is 32.1 Å². The van der Waals surface area contributed by atoms with Crippen molar-refractivity contribution in [2.24, 2.45) is 11.3 Å². The van der Waals surface area contributed by atoms with Gasteiger partial charge in [0.15, 0.2) is 0 Å². The maximum atomic E-state index is 5.37. The van der Waals surface area contributed by atoms with E-state index >= 15 is 0 Å². The molecule has 1 aromatic rings. The summed E-state index contributed by atoms with van der Waals surface area (Å²) in [5.41, 5.74) is 1.89. The molecule has 1 saturated heterocycles. The van der Waals surface area contributed by atoms with E-state index in [2.05, 4.69) is 33.4 Å². The van der Waals surface area contributed by atoms with E-state index < -0.39 is 0 Å². The van der Waals surface area contributed by atoms with Crippen LogP contribution in [0.3, 0.4) is 0 Å². The molecule has 1 heterocycles. The predicted octanol–water partition coefficient (Wildman–Crippen LogP) is 3.78. The molecule has 1 aliphatic heterocycles. The van der Waals surface area contributed by atoms with Gasteiger partial charge in [0.1, 0.15) is 5.75 Å². The molecule has 2 fully saturated rings. The molecule has 0 bridgehead atoms. The fourth-order valence-corrected chi connectivity index (χ4v) is 4.12. The van der Waals surface area contributed by atoms with Gasteiger partial charge in [-0.25, -0.2) is 0 Å². The highest BCUT2D eigenvalue weighted by molar-refractivity contribution is 9.10. The molecule has 3 rings (SSSR count). The Labute approximate surface area is 124 Å². The average molecular weight is 324 g/mol. The van der Waals surface area contributed by atoms with E-state index in [9.17, 15) is 0 Å². The molecule has 2 aliphatic rings. The molecule has 0 aromatic heterocycles. The number of rotatable bonds is 4. The van der Waals surface area contributed by atoms with Gasteiger partial charge in [-0.15, -0.1) is 0 Å². The molecule has 19 heavy (non-hydrogen) atoms. The number of hydrogen-bond acceptors (Lipinski definition) is 2. The Morgan fingerprint density at radius 2 is 2.05 bits per heavy atom. The van der Waals surface area contributed by atoms with Crippen LogP contribution in [0.15, 0.2) is 22.7 Å². The van der Waals surface area contributed by atoms with Gasteiger partial charge >= 0.3 is 0 Å². The second kappa shape index (κ2) is 5.45. The molecule has 1 saturated carbocycles. The normalized spacial score (nSPS) is 22.2. The molecular weight excluding hydrogens is 302 g/mol. The number of benzene rings is 1. The van der Waals surface area contributed by atoms with E-state index in [0.29, 0.717) is 5.41 Å². The summed E-state index contributed by atoms with van der Waals surface area (Å²) in [7, 11) is 1.74. The predicted molar refractivity (Wildman–Crippen MR) is 81.7 cm³/mol. The van der Waals surface area contributed by atoms with Crippen molar-refractivity contribution in [1.29, 1.82) is 0 Å². The largest absolute Gasteiger partial charge is 0.497 e. The molecule has 0 spiro atoms. The van der Waals surface area contributed by atoms with E-state index in [0.717, 1.165) is 11.7 Å². The second-order valence-corrected chi connectivity index (χ2v) is 6.94. The lowest BCUT2D eigenvalue weighted by molar-refractivity contribution is 0.0809. The van der Waals surface area contributed by atoms with Crippen LogP contribution in [-0.2, 0) is 6.42 Å². The van der Waals surface area contributed by atoms with E-state index in [-0.39, 0.29) is 0 Å². The monoisotopic (exact) mass is 323 g/mol. The van der Waals surface area contributed by atoms with Crippen LogP contribution in [0.2, 0.25) is 0 Å². The minimum atomic E-state index is 0.491. The van der Waals surface area contributed by atoms with Gasteiger partial charge in [0.2, 0.25) is 0 Å². The molecule has 0 unspecified atom stereocenters. The first kappa shape index (κ1) is 13.4. The van der Waals surface area contributed by atoms with Crippen molar-refractivity contribution in [3.05, 3.63) is 28.2 Å². The third kappa shape index (κ3) is 2.55. The van der Waals surface area contributed by atoms with E-state index in [1.807, 2.05) is 6.07 Å². The molecule has 3 heteroatoms. The van der Waals surface area contributed by atoms with Crippen LogP contribution >= 0.6 is 15.9 Å². The third-order valence-electron chi connectivity index (χ3n) is 4.97. The van der Waals surface area contributed by atoms with Crippen LogP contribution in [0, 0.1) is 11.3 Å². The van der Waals surface area contributed by atoms with Crippen molar-refractivity contribution < 1.29 is 4.74 Å². The highest BCUT2D eigenvalue weighted by Gasteiger charge is 2.44. The molecule has 1 aliphatic carbocycles. The summed E-state index contributed by atoms with van der Waals surface area (Å²) in [4.78, 5) is 0. The summed E-state index contributed by atoms with van der Waals surface area (Å²) in [6.07, 6.45) is 6.85. The zero-order valence-electron chi connectivity index (χ0n) is 11.5. The Morgan fingerprint density at radius 1 is 1.32 bits per heavy atom. The van der Waals surface area contributed by atoms with Crippen molar-refractivity contribution in [3.63, 3.8) is 0 Å². The topological polar surface area (TPSA) is 21.3 Å². The summed E-state index contributed by atoms with van der Waals surface area (Å²) in [5, 5.41) is 3.50. The molecule has 0 atom stereocenters. The quantitative estimate of drug-likeness (QED) is 0.910. The van der Waals surface area contributed by atoms with Crippen molar-refractivity contribution in [3.8, 4) is 5.75 Å². The molecule has 0 amide bonds. The Balaban J connectivity index is 1.82. The van der Waals surface area contributed by atoms with E-state index in [4.69, 9.17) is 4.74 Å². The number of ether oxygens (including phenoxy) is 1. The lowest BCUT2D eigenvalue weighted by atomic mass is 9.66. The number of methoxy groups -OCH3 is 1. The van der Waals surface area contributed by atoms with E-state index in [1.165, 1.54) is 55.2 Å². The zero-order valence-corrected chi connectivity index (χ0v) is 13.1. The molecule has 0 radical (unpaired) electrons. The average Bonchev–Trinajstić information content (AvgIpc) is 2.90. The SMILES string of the molecule is COc1ccc(Br)c(CC2(C3CCCC3)CNC2)c1. The van der Waals surface area contributed by atoms with Crippen LogP contribution in [0.5, 0.6) is 5.75 Å². The van der Waals surface area contributed by atoms with Gasteiger partial charge in [0.25, 0.3) is 0 Å². The van der Waals surface area contributed by atoms with Gasteiger partial charge in [-0.2, -0.15) is 0 Å². The Kier molecular flexibility index (Phi) is 3.86. The van der Waals surface area contributed by atoms with Crippen LogP contribution in [0.25, 0.3) is 0 Å². The fourth-order valence-electron chi connectivity index (χ4n) is 3.74. The van der Waals surface area contributed by atoms with E-state index in [1.54, 1.807) is 7.11 Å². The zero-order chi connectivity index (χ0) is 13.3.